The number of hydrogen-bond acceptors (Lipinski definition) is 3. The molecule has 19 heavy (non-hydrogen) atoms. The van der Waals surface area contributed by atoms with Gasteiger partial charge in [-0.15, -0.1) is 0 Å². The van der Waals surface area contributed by atoms with Crippen LogP contribution in [0.3, 0.4) is 0 Å². The molecule has 2 aromatic rings. The van der Waals surface area contributed by atoms with E-state index in [0.29, 0.717) is 6.54 Å². The molecule has 0 atom stereocenters. The Bertz CT molecular complexity index is 619. The molecule has 0 aliphatic rings. The standard InChI is InChI=1S/C13H10BrClN2O2/c14-10-2-1-3-11(7-10)16-8-9-4-5-12(15)13(6-9)17(18)19/h1-7,16H,8H2. The highest BCUT2D eigenvalue weighted by Crippen LogP contribution is 2.25. The van der Waals surface area contributed by atoms with Crippen molar-refractivity contribution in [3.8, 4) is 0 Å². The summed E-state index contributed by atoms with van der Waals surface area (Å²) < 4.78 is 0.972. The number of nitrogens with zero attached hydrogens (tertiary/aromatic N) is 1. The van der Waals surface area contributed by atoms with Crippen molar-refractivity contribution in [2.24, 2.45) is 0 Å². The number of anilines is 1. The maximum Gasteiger partial charge on any atom is 0.288 e. The first-order valence-electron chi connectivity index (χ1n) is 5.48. The summed E-state index contributed by atoms with van der Waals surface area (Å²) in [5.41, 5.74) is 1.67. The summed E-state index contributed by atoms with van der Waals surface area (Å²) in [6.07, 6.45) is 0. The number of rotatable bonds is 4. The van der Waals surface area contributed by atoms with Crippen LogP contribution in [0.2, 0.25) is 5.02 Å². The van der Waals surface area contributed by atoms with E-state index in [9.17, 15) is 10.1 Å². The van der Waals surface area contributed by atoms with Gasteiger partial charge in [0.15, 0.2) is 0 Å². The van der Waals surface area contributed by atoms with Crippen LogP contribution >= 0.6 is 27.5 Å². The quantitative estimate of drug-likeness (QED) is 0.652. The number of benzene rings is 2. The van der Waals surface area contributed by atoms with Crippen molar-refractivity contribution in [2.75, 3.05) is 5.32 Å². The van der Waals surface area contributed by atoms with Crippen molar-refractivity contribution in [1.82, 2.24) is 0 Å². The monoisotopic (exact) mass is 340 g/mol. The zero-order valence-electron chi connectivity index (χ0n) is 9.77. The number of nitrogens with one attached hydrogen (secondary N) is 1. The number of halogens is 2. The summed E-state index contributed by atoms with van der Waals surface area (Å²) in [7, 11) is 0. The number of nitro groups is 1. The van der Waals surface area contributed by atoms with Crippen LogP contribution in [-0.2, 0) is 6.54 Å². The molecule has 0 heterocycles. The molecule has 0 spiro atoms. The molecule has 0 bridgehead atoms. The van der Waals surface area contributed by atoms with E-state index in [4.69, 9.17) is 11.6 Å². The molecule has 2 aromatic carbocycles. The molecule has 0 aliphatic heterocycles. The van der Waals surface area contributed by atoms with E-state index in [1.165, 1.54) is 12.1 Å². The van der Waals surface area contributed by atoms with Crippen molar-refractivity contribution in [1.29, 1.82) is 0 Å². The number of hydrogen-bond donors (Lipinski definition) is 1. The normalized spacial score (nSPS) is 10.2. The highest BCUT2D eigenvalue weighted by Gasteiger charge is 2.12. The lowest BCUT2D eigenvalue weighted by Gasteiger charge is -2.07. The van der Waals surface area contributed by atoms with Gasteiger partial charge in [-0.05, 0) is 29.8 Å². The van der Waals surface area contributed by atoms with Gasteiger partial charge in [0.1, 0.15) is 5.02 Å². The Morgan fingerprint density at radius 1 is 1.26 bits per heavy atom. The van der Waals surface area contributed by atoms with Crippen LogP contribution in [-0.4, -0.2) is 4.92 Å². The Kier molecular flexibility index (Phi) is 4.39. The van der Waals surface area contributed by atoms with Crippen molar-refractivity contribution < 1.29 is 4.92 Å². The van der Waals surface area contributed by atoms with Gasteiger partial charge in [-0.3, -0.25) is 10.1 Å². The van der Waals surface area contributed by atoms with Gasteiger partial charge >= 0.3 is 0 Å². The summed E-state index contributed by atoms with van der Waals surface area (Å²) >= 11 is 9.14. The first-order valence-corrected chi connectivity index (χ1v) is 6.65. The molecule has 2 rings (SSSR count). The van der Waals surface area contributed by atoms with Gasteiger partial charge in [0, 0.05) is 22.8 Å². The Morgan fingerprint density at radius 2 is 2.05 bits per heavy atom. The largest absolute Gasteiger partial charge is 0.381 e. The topological polar surface area (TPSA) is 55.2 Å². The van der Waals surface area contributed by atoms with E-state index in [1.54, 1.807) is 6.07 Å². The van der Waals surface area contributed by atoms with Crippen molar-refractivity contribution in [3.63, 3.8) is 0 Å². The van der Waals surface area contributed by atoms with Crippen LogP contribution in [0.1, 0.15) is 5.56 Å². The molecule has 0 saturated heterocycles. The third-order valence-corrected chi connectivity index (χ3v) is 3.34. The van der Waals surface area contributed by atoms with E-state index in [-0.39, 0.29) is 10.7 Å². The van der Waals surface area contributed by atoms with Gasteiger partial charge in [-0.1, -0.05) is 39.7 Å². The highest BCUT2D eigenvalue weighted by molar-refractivity contribution is 9.10. The van der Waals surface area contributed by atoms with E-state index < -0.39 is 4.92 Å². The maximum absolute atomic E-state index is 10.8. The SMILES string of the molecule is O=[N+]([O-])c1cc(CNc2cccc(Br)c2)ccc1Cl. The highest BCUT2D eigenvalue weighted by atomic mass is 79.9. The lowest BCUT2D eigenvalue weighted by Crippen LogP contribution is -2.00. The Labute approximate surface area is 123 Å². The van der Waals surface area contributed by atoms with Crippen molar-refractivity contribution in [2.45, 2.75) is 6.54 Å². The van der Waals surface area contributed by atoms with Crippen molar-refractivity contribution >= 4 is 38.9 Å². The van der Waals surface area contributed by atoms with Crippen molar-refractivity contribution in [3.05, 3.63) is 67.6 Å². The fourth-order valence-electron chi connectivity index (χ4n) is 1.61. The van der Waals surface area contributed by atoms with Gasteiger partial charge < -0.3 is 5.32 Å². The van der Waals surface area contributed by atoms with Crippen LogP contribution in [0.5, 0.6) is 0 Å². The molecule has 4 nitrogen and oxygen atoms in total. The first-order chi connectivity index (χ1) is 9.06. The van der Waals surface area contributed by atoms with Crippen LogP contribution in [0.4, 0.5) is 11.4 Å². The average molecular weight is 342 g/mol. The molecule has 1 N–H and O–H groups in total. The lowest BCUT2D eigenvalue weighted by molar-refractivity contribution is -0.384. The van der Waals surface area contributed by atoms with E-state index in [1.807, 2.05) is 24.3 Å². The van der Waals surface area contributed by atoms with E-state index in [0.717, 1.165) is 15.7 Å². The Morgan fingerprint density at radius 3 is 2.74 bits per heavy atom. The molecule has 0 radical (unpaired) electrons. The van der Waals surface area contributed by atoms with Gasteiger partial charge in [-0.2, -0.15) is 0 Å². The zero-order valence-corrected chi connectivity index (χ0v) is 12.1. The van der Waals surface area contributed by atoms with Gasteiger partial charge in [0.2, 0.25) is 0 Å². The lowest BCUT2D eigenvalue weighted by atomic mass is 10.2. The van der Waals surface area contributed by atoms with Crippen LogP contribution < -0.4 is 5.32 Å². The second kappa shape index (κ2) is 6.04. The minimum atomic E-state index is -0.481. The first kappa shape index (κ1) is 13.8. The average Bonchev–Trinajstić information content (AvgIpc) is 2.37. The minimum absolute atomic E-state index is 0.0739. The third kappa shape index (κ3) is 3.68. The van der Waals surface area contributed by atoms with Crippen LogP contribution in [0.15, 0.2) is 46.9 Å². The van der Waals surface area contributed by atoms with Gasteiger partial charge in [-0.25, -0.2) is 0 Å². The Balaban J connectivity index is 2.12. The molecule has 0 fully saturated rings. The molecular formula is C13H10BrClN2O2. The van der Waals surface area contributed by atoms with Crippen LogP contribution in [0, 0.1) is 10.1 Å². The summed E-state index contributed by atoms with van der Waals surface area (Å²) in [6, 6.07) is 12.5. The second-order valence-corrected chi connectivity index (χ2v) is 5.23. The van der Waals surface area contributed by atoms with Gasteiger partial charge in [0.25, 0.3) is 5.69 Å². The molecule has 98 valence electrons. The molecule has 0 saturated carbocycles. The molecule has 0 amide bonds. The van der Waals surface area contributed by atoms with Crippen LogP contribution in [0.25, 0.3) is 0 Å². The second-order valence-electron chi connectivity index (χ2n) is 3.91. The summed E-state index contributed by atoms with van der Waals surface area (Å²) in [5, 5.41) is 14.1. The Hall–Kier alpha value is -1.59. The molecule has 6 heteroatoms. The van der Waals surface area contributed by atoms with Gasteiger partial charge in [0.05, 0.1) is 4.92 Å². The zero-order chi connectivity index (χ0) is 13.8. The summed E-state index contributed by atoms with van der Waals surface area (Å²) in [6.45, 7) is 0.495. The fourth-order valence-corrected chi connectivity index (χ4v) is 2.20. The summed E-state index contributed by atoms with van der Waals surface area (Å²) in [4.78, 5) is 10.3. The van der Waals surface area contributed by atoms with E-state index in [2.05, 4.69) is 21.2 Å². The third-order valence-electron chi connectivity index (χ3n) is 2.53. The minimum Gasteiger partial charge on any atom is -0.381 e. The molecule has 0 unspecified atom stereocenters. The molecule has 0 aromatic heterocycles. The smallest absolute Gasteiger partial charge is 0.288 e. The fraction of sp³-hybridized carbons (Fsp3) is 0.0769. The molecule has 0 aliphatic carbocycles. The predicted octanol–water partition coefficient (Wildman–Crippen LogP) is 4.62. The maximum atomic E-state index is 10.8. The summed E-state index contributed by atoms with van der Waals surface area (Å²) in [5.74, 6) is 0. The van der Waals surface area contributed by atoms with E-state index >= 15 is 0 Å². The molecular weight excluding hydrogens is 332 g/mol. The predicted molar refractivity (Wildman–Crippen MR) is 79.6 cm³/mol. The number of nitro benzene ring substituents is 1.